The van der Waals surface area contributed by atoms with E-state index < -0.39 is 10.0 Å². The van der Waals surface area contributed by atoms with Crippen LogP contribution in [0, 0.1) is 0 Å². The third kappa shape index (κ3) is 4.46. The molecule has 1 aliphatic heterocycles. The Bertz CT molecular complexity index is 1230. The molecule has 3 aromatic rings. The van der Waals surface area contributed by atoms with Crippen LogP contribution >= 0.6 is 11.6 Å². The number of carbonyl (C=O) groups is 1. The number of fused-ring (bicyclic) bond motifs is 1. The summed E-state index contributed by atoms with van der Waals surface area (Å²) in [5, 5.41) is 2.90. The van der Waals surface area contributed by atoms with Gasteiger partial charge in [0.2, 0.25) is 16.0 Å². The average Bonchev–Trinajstić information content (AvgIpc) is 2.79. The molecular formula is C22H21ClN4O3S. The van der Waals surface area contributed by atoms with Crippen molar-refractivity contribution >= 4 is 33.5 Å². The van der Waals surface area contributed by atoms with Gasteiger partial charge in [-0.15, -0.1) is 0 Å². The first-order chi connectivity index (χ1) is 14.9. The molecule has 0 saturated carbocycles. The second kappa shape index (κ2) is 8.74. The molecule has 1 N–H and O–H groups in total. The minimum Gasteiger partial charge on any atom is -0.290 e. The summed E-state index contributed by atoms with van der Waals surface area (Å²) in [5.74, 6) is -0.0907. The van der Waals surface area contributed by atoms with Gasteiger partial charge >= 0.3 is 0 Å². The second-order valence-corrected chi connectivity index (χ2v) is 9.50. The highest BCUT2D eigenvalue weighted by Gasteiger charge is 2.30. The number of benzene rings is 2. The predicted molar refractivity (Wildman–Crippen MR) is 119 cm³/mol. The van der Waals surface area contributed by atoms with E-state index >= 15 is 0 Å². The number of amides is 1. The zero-order chi connectivity index (χ0) is 22.0. The predicted octanol–water partition coefficient (Wildman–Crippen LogP) is 3.69. The lowest BCUT2D eigenvalue weighted by molar-refractivity contribution is 0.102. The van der Waals surface area contributed by atoms with E-state index in [0.29, 0.717) is 17.5 Å². The van der Waals surface area contributed by atoms with Crippen molar-refractivity contribution in [1.29, 1.82) is 0 Å². The van der Waals surface area contributed by atoms with E-state index in [4.69, 9.17) is 11.6 Å². The molecule has 0 fully saturated rings. The number of nitrogens with zero attached hydrogens (tertiary/aromatic N) is 3. The second-order valence-electron chi connectivity index (χ2n) is 7.19. The summed E-state index contributed by atoms with van der Waals surface area (Å²) in [4.78, 5) is 21.2. The van der Waals surface area contributed by atoms with Crippen LogP contribution in [0.4, 0.5) is 5.95 Å². The largest absolute Gasteiger partial charge is 0.290 e. The minimum absolute atomic E-state index is 0.0824. The van der Waals surface area contributed by atoms with E-state index in [1.54, 1.807) is 36.5 Å². The van der Waals surface area contributed by atoms with Gasteiger partial charge in [-0.2, -0.15) is 4.31 Å². The number of halogens is 1. The van der Waals surface area contributed by atoms with Crippen molar-refractivity contribution in [2.45, 2.75) is 31.2 Å². The smallest absolute Gasteiger partial charge is 0.258 e. The molecule has 0 unspecified atom stereocenters. The van der Waals surface area contributed by atoms with Crippen molar-refractivity contribution in [1.82, 2.24) is 14.3 Å². The van der Waals surface area contributed by atoms with Gasteiger partial charge in [-0.3, -0.25) is 10.1 Å². The van der Waals surface area contributed by atoms with Gasteiger partial charge in [0.25, 0.3) is 5.91 Å². The van der Waals surface area contributed by atoms with Crippen LogP contribution in [0.3, 0.4) is 0 Å². The number of aryl methyl sites for hydroxylation is 1. The summed E-state index contributed by atoms with van der Waals surface area (Å²) in [7, 11) is -3.73. The van der Waals surface area contributed by atoms with Crippen LogP contribution in [0.2, 0.25) is 5.02 Å². The molecule has 4 rings (SSSR count). The number of aromatic nitrogens is 2. The molecule has 0 bridgehead atoms. The number of rotatable bonds is 5. The molecule has 0 spiro atoms. The summed E-state index contributed by atoms with van der Waals surface area (Å²) >= 11 is 6.09. The fraction of sp³-hybridized carbons (Fsp3) is 0.227. The van der Waals surface area contributed by atoms with Gasteiger partial charge in [-0.1, -0.05) is 42.8 Å². The summed E-state index contributed by atoms with van der Waals surface area (Å²) in [5.41, 5.74) is 3.10. The average molecular weight is 457 g/mol. The van der Waals surface area contributed by atoms with E-state index in [-0.39, 0.29) is 34.9 Å². The van der Waals surface area contributed by atoms with Gasteiger partial charge in [0.1, 0.15) is 4.90 Å². The maximum Gasteiger partial charge on any atom is 0.258 e. The highest BCUT2D eigenvalue weighted by Crippen LogP contribution is 2.28. The number of hydrogen-bond acceptors (Lipinski definition) is 5. The fourth-order valence-corrected chi connectivity index (χ4v) is 5.33. The molecule has 31 heavy (non-hydrogen) atoms. The summed E-state index contributed by atoms with van der Waals surface area (Å²) in [6.07, 6.45) is 2.88. The normalized spacial score (nSPS) is 14.1. The number of nitrogens with one attached hydrogen (secondary N) is 1. The number of sulfonamides is 1. The molecular weight excluding hydrogens is 436 g/mol. The molecule has 0 saturated heterocycles. The van der Waals surface area contributed by atoms with Crippen LogP contribution in [-0.4, -0.2) is 35.1 Å². The molecule has 1 aliphatic rings. The topological polar surface area (TPSA) is 92.3 Å². The monoisotopic (exact) mass is 456 g/mol. The van der Waals surface area contributed by atoms with Crippen molar-refractivity contribution in [2.75, 3.05) is 11.9 Å². The van der Waals surface area contributed by atoms with E-state index in [1.165, 1.54) is 10.4 Å². The molecule has 0 radical (unpaired) electrons. The molecule has 160 valence electrons. The first-order valence-electron chi connectivity index (χ1n) is 9.88. The minimum atomic E-state index is -3.73. The Morgan fingerprint density at radius 1 is 1.16 bits per heavy atom. The molecule has 7 nitrogen and oxygen atoms in total. The van der Waals surface area contributed by atoms with E-state index in [9.17, 15) is 13.2 Å². The molecule has 2 heterocycles. The van der Waals surface area contributed by atoms with E-state index in [1.807, 2.05) is 12.1 Å². The quantitative estimate of drug-likeness (QED) is 0.632. The standard InChI is InChI=1S/C22H21ClN4O3S/c1-2-15-7-9-16(10-8-15)21(28)26-22-24-13-17-14-27(12-11-19(17)25-22)31(29,30)20-6-4-3-5-18(20)23/h3-10,13H,2,11-12,14H2,1H3,(H,24,25,26,28). The number of carbonyl (C=O) groups excluding carboxylic acids is 1. The SMILES string of the molecule is CCc1ccc(C(=O)Nc2ncc3c(n2)CCN(S(=O)(=O)c2ccccc2Cl)C3)cc1. The van der Waals surface area contributed by atoms with Crippen LogP contribution < -0.4 is 5.32 Å². The van der Waals surface area contributed by atoms with Crippen molar-refractivity contribution < 1.29 is 13.2 Å². The van der Waals surface area contributed by atoms with Crippen molar-refractivity contribution in [3.63, 3.8) is 0 Å². The maximum atomic E-state index is 13.0. The summed E-state index contributed by atoms with van der Waals surface area (Å²) < 4.78 is 27.3. The lowest BCUT2D eigenvalue weighted by Gasteiger charge is -2.27. The molecule has 2 aromatic carbocycles. The Morgan fingerprint density at radius 2 is 1.90 bits per heavy atom. The Morgan fingerprint density at radius 3 is 2.61 bits per heavy atom. The first-order valence-corrected chi connectivity index (χ1v) is 11.7. The van der Waals surface area contributed by atoms with Crippen LogP contribution in [0.15, 0.2) is 59.6 Å². The molecule has 1 amide bonds. The van der Waals surface area contributed by atoms with Crippen molar-refractivity contribution in [2.24, 2.45) is 0 Å². The Hall–Kier alpha value is -2.81. The molecule has 0 atom stereocenters. The van der Waals surface area contributed by atoms with Crippen LogP contribution in [0.25, 0.3) is 0 Å². The van der Waals surface area contributed by atoms with E-state index in [2.05, 4.69) is 22.2 Å². The number of anilines is 1. The van der Waals surface area contributed by atoms with Gasteiger partial charge in [0.15, 0.2) is 0 Å². The Balaban J connectivity index is 1.50. The van der Waals surface area contributed by atoms with Gasteiger partial charge in [-0.05, 0) is 36.2 Å². The van der Waals surface area contributed by atoms with Crippen LogP contribution in [0.5, 0.6) is 0 Å². The Labute approximate surface area is 186 Å². The van der Waals surface area contributed by atoms with Gasteiger partial charge in [0, 0.05) is 36.8 Å². The Kier molecular flexibility index (Phi) is 6.04. The highest BCUT2D eigenvalue weighted by atomic mass is 35.5. The van der Waals surface area contributed by atoms with Gasteiger partial charge < -0.3 is 0 Å². The summed E-state index contributed by atoms with van der Waals surface area (Å²) in [6.45, 7) is 2.47. The molecule has 1 aromatic heterocycles. The van der Waals surface area contributed by atoms with Gasteiger partial charge in [-0.25, -0.2) is 18.4 Å². The van der Waals surface area contributed by atoms with E-state index in [0.717, 1.165) is 17.7 Å². The fourth-order valence-electron chi connectivity index (χ4n) is 3.41. The lowest BCUT2D eigenvalue weighted by Crippen LogP contribution is -2.36. The molecule has 9 heteroatoms. The number of hydrogen-bond donors (Lipinski definition) is 1. The highest BCUT2D eigenvalue weighted by molar-refractivity contribution is 7.89. The first kappa shape index (κ1) is 21.4. The molecule has 0 aliphatic carbocycles. The van der Waals surface area contributed by atoms with Crippen LogP contribution in [-0.2, 0) is 29.4 Å². The van der Waals surface area contributed by atoms with Crippen molar-refractivity contribution in [3.8, 4) is 0 Å². The zero-order valence-corrected chi connectivity index (χ0v) is 18.4. The van der Waals surface area contributed by atoms with Crippen molar-refractivity contribution in [3.05, 3.63) is 82.1 Å². The lowest BCUT2D eigenvalue weighted by atomic mass is 10.1. The zero-order valence-electron chi connectivity index (χ0n) is 16.9. The third-order valence-electron chi connectivity index (χ3n) is 5.20. The summed E-state index contributed by atoms with van der Waals surface area (Å²) in [6, 6.07) is 13.7. The third-order valence-corrected chi connectivity index (χ3v) is 7.55. The van der Waals surface area contributed by atoms with Gasteiger partial charge in [0.05, 0.1) is 10.7 Å². The van der Waals surface area contributed by atoms with Crippen LogP contribution in [0.1, 0.15) is 34.1 Å². The maximum absolute atomic E-state index is 13.0.